The number of rotatable bonds is 11. The second-order valence-corrected chi connectivity index (χ2v) is 11.4. The van der Waals surface area contributed by atoms with Gasteiger partial charge < -0.3 is 10.1 Å². The number of hydrogen-bond donors (Lipinski definition) is 2. The lowest BCUT2D eigenvalue weighted by Gasteiger charge is -2.24. The molecule has 42 heavy (non-hydrogen) atoms. The fourth-order valence-electron chi connectivity index (χ4n) is 3.59. The molecule has 0 saturated carbocycles. The molecule has 0 unspecified atom stereocenters. The zero-order chi connectivity index (χ0) is 30.1. The maximum absolute atomic E-state index is 13.4. The van der Waals surface area contributed by atoms with Crippen LogP contribution in [-0.2, 0) is 19.6 Å². The van der Waals surface area contributed by atoms with E-state index in [-0.39, 0.29) is 27.2 Å². The van der Waals surface area contributed by atoms with Gasteiger partial charge in [0.05, 0.1) is 16.8 Å². The van der Waals surface area contributed by atoms with E-state index < -0.39 is 34.2 Å². The quantitative estimate of drug-likeness (QED) is 0.168. The van der Waals surface area contributed by atoms with Crippen LogP contribution in [0.5, 0.6) is 5.75 Å². The normalized spacial score (nSPS) is 11.2. The number of ether oxygens (including phenoxy) is 1. The fraction of sp³-hybridized carbons (Fsp3) is 0.0690. The number of anilines is 2. The van der Waals surface area contributed by atoms with Gasteiger partial charge in [-0.05, 0) is 84.4 Å². The van der Waals surface area contributed by atoms with E-state index in [0.29, 0.717) is 17.0 Å². The Hall–Kier alpha value is -4.45. The van der Waals surface area contributed by atoms with E-state index in [1.807, 2.05) is 0 Å². The van der Waals surface area contributed by atoms with Gasteiger partial charge in [-0.2, -0.15) is 5.10 Å². The zero-order valence-electron chi connectivity index (χ0n) is 21.7. The summed E-state index contributed by atoms with van der Waals surface area (Å²) < 4.78 is 46.1. The van der Waals surface area contributed by atoms with Crippen LogP contribution in [0, 0.1) is 5.82 Å². The highest BCUT2D eigenvalue weighted by Gasteiger charge is 2.27. The minimum Gasteiger partial charge on any atom is -0.484 e. The Balaban J connectivity index is 1.35. The number of hydrazone groups is 1. The Morgan fingerprint density at radius 1 is 0.881 bits per heavy atom. The van der Waals surface area contributed by atoms with E-state index >= 15 is 0 Å². The van der Waals surface area contributed by atoms with Gasteiger partial charge in [0.2, 0.25) is 0 Å². The Kier molecular flexibility index (Phi) is 10.1. The lowest BCUT2D eigenvalue weighted by atomic mass is 10.2. The molecule has 4 rings (SSSR count). The summed E-state index contributed by atoms with van der Waals surface area (Å²) in [5, 5.41) is 6.89. The summed E-state index contributed by atoms with van der Waals surface area (Å²) in [7, 11) is -4.15. The molecule has 0 fully saturated rings. The molecule has 4 aromatic rings. The van der Waals surface area contributed by atoms with Crippen LogP contribution >= 0.6 is 23.2 Å². The van der Waals surface area contributed by atoms with Crippen LogP contribution in [0.3, 0.4) is 0 Å². The van der Waals surface area contributed by atoms with Gasteiger partial charge in [0, 0.05) is 15.7 Å². The third-order valence-electron chi connectivity index (χ3n) is 5.53. The Bertz CT molecular complexity index is 1670. The Labute approximate surface area is 251 Å². The van der Waals surface area contributed by atoms with Gasteiger partial charge in [-0.3, -0.25) is 13.9 Å². The van der Waals surface area contributed by atoms with Crippen LogP contribution in [0.25, 0.3) is 0 Å². The van der Waals surface area contributed by atoms with E-state index in [1.54, 1.807) is 42.5 Å². The number of carbonyl (C=O) groups is 2. The largest absolute Gasteiger partial charge is 0.484 e. The molecule has 13 heteroatoms. The summed E-state index contributed by atoms with van der Waals surface area (Å²) >= 11 is 12.2. The first-order valence-electron chi connectivity index (χ1n) is 12.2. The summed E-state index contributed by atoms with van der Waals surface area (Å²) in [5.41, 5.74) is 3.46. The van der Waals surface area contributed by atoms with Crippen molar-refractivity contribution in [2.24, 2.45) is 5.10 Å². The van der Waals surface area contributed by atoms with Crippen LogP contribution in [0.2, 0.25) is 10.0 Å². The Morgan fingerprint density at radius 3 is 2.17 bits per heavy atom. The molecular weight excluding hydrogens is 606 g/mol. The molecule has 216 valence electrons. The molecule has 9 nitrogen and oxygen atoms in total. The highest BCUT2D eigenvalue weighted by molar-refractivity contribution is 7.92. The third kappa shape index (κ3) is 8.53. The summed E-state index contributed by atoms with van der Waals surface area (Å²) in [6, 6.07) is 23.7. The number of hydrogen-bond acceptors (Lipinski definition) is 6. The second kappa shape index (κ2) is 13.9. The lowest BCUT2D eigenvalue weighted by Crippen LogP contribution is -2.39. The van der Waals surface area contributed by atoms with Crippen molar-refractivity contribution in [1.29, 1.82) is 0 Å². The zero-order valence-corrected chi connectivity index (χ0v) is 24.0. The van der Waals surface area contributed by atoms with Gasteiger partial charge in [-0.15, -0.1) is 0 Å². The molecule has 0 radical (unpaired) electrons. The number of sulfonamides is 1. The summed E-state index contributed by atoms with van der Waals surface area (Å²) in [5.74, 6) is -1.13. The highest BCUT2D eigenvalue weighted by Crippen LogP contribution is 2.29. The first-order chi connectivity index (χ1) is 20.1. The molecule has 0 aliphatic rings. The van der Waals surface area contributed by atoms with E-state index in [0.717, 1.165) is 4.31 Å². The number of halogens is 3. The van der Waals surface area contributed by atoms with Crippen LogP contribution < -0.4 is 19.8 Å². The van der Waals surface area contributed by atoms with Gasteiger partial charge in [-0.25, -0.2) is 18.2 Å². The first kappa shape index (κ1) is 30.5. The van der Waals surface area contributed by atoms with E-state index in [2.05, 4.69) is 15.8 Å². The van der Waals surface area contributed by atoms with E-state index in [9.17, 15) is 22.4 Å². The average molecular weight is 629 g/mol. The van der Waals surface area contributed by atoms with Gasteiger partial charge in [0.15, 0.2) is 6.61 Å². The molecule has 2 amide bonds. The molecule has 2 N–H and O–H groups in total. The van der Waals surface area contributed by atoms with Crippen molar-refractivity contribution in [3.05, 3.63) is 118 Å². The van der Waals surface area contributed by atoms with E-state index in [4.69, 9.17) is 27.9 Å². The number of nitrogens with zero attached hydrogens (tertiary/aromatic N) is 2. The maximum Gasteiger partial charge on any atom is 0.264 e. The van der Waals surface area contributed by atoms with Crippen LogP contribution in [0.1, 0.15) is 5.56 Å². The number of amides is 2. The van der Waals surface area contributed by atoms with Gasteiger partial charge >= 0.3 is 0 Å². The molecule has 0 aromatic heterocycles. The molecule has 0 spiro atoms. The van der Waals surface area contributed by atoms with Gasteiger partial charge in [0.1, 0.15) is 18.1 Å². The highest BCUT2D eigenvalue weighted by atomic mass is 35.5. The van der Waals surface area contributed by atoms with Crippen molar-refractivity contribution < 1.29 is 27.1 Å². The summed E-state index contributed by atoms with van der Waals surface area (Å²) in [4.78, 5) is 24.8. The predicted octanol–water partition coefficient (Wildman–Crippen LogP) is 5.50. The second-order valence-electron chi connectivity index (χ2n) is 8.66. The van der Waals surface area contributed by atoms with E-state index in [1.165, 1.54) is 60.8 Å². The molecule has 0 aliphatic heterocycles. The minimum absolute atomic E-state index is 0.0207. The lowest BCUT2D eigenvalue weighted by molar-refractivity contribution is -0.119. The van der Waals surface area contributed by atoms with Gasteiger partial charge in [-0.1, -0.05) is 41.4 Å². The molecule has 4 aromatic carbocycles. The molecule has 0 heterocycles. The van der Waals surface area contributed by atoms with Crippen molar-refractivity contribution in [3.63, 3.8) is 0 Å². The third-order valence-corrected chi connectivity index (χ3v) is 7.76. The van der Waals surface area contributed by atoms with Crippen molar-refractivity contribution >= 4 is 62.6 Å². The molecule has 0 atom stereocenters. The van der Waals surface area contributed by atoms with Crippen LogP contribution in [0.4, 0.5) is 15.8 Å². The van der Waals surface area contributed by atoms with Crippen molar-refractivity contribution in [2.75, 3.05) is 22.8 Å². The van der Waals surface area contributed by atoms with Crippen molar-refractivity contribution in [1.82, 2.24) is 5.43 Å². The minimum atomic E-state index is -4.15. The summed E-state index contributed by atoms with van der Waals surface area (Å²) in [6.07, 6.45) is 1.36. The Morgan fingerprint density at radius 2 is 1.52 bits per heavy atom. The van der Waals surface area contributed by atoms with Gasteiger partial charge in [0.25, 0.3) is 21.8 Å². The smallest absolute Gasteiger partial charge is 0.264 e. The monoisotopic (exact) mass is 628 g/mol. The number of benzene rings is 4. The molecular formula is C29H23Cl2FN4O5S. The predicted molar refractivity (Wildman–Crippen MR) is 160 cm³/mol. The number of carbonyl (C=O) groups excluding carboxylic acids is 2. The first-order valence-corrected chi connectivity index (χ1v) is 14.4. The summed E-state index contributed by atoms with van der Waals surface area (Å²) in [6.45, 7) is -0.862. The standard InChI is InChI=1S/C29H23Cl2FN4O5S/c30-21-14-22(31)16-25(15-21)36(42(39,40)27-4-2-1-3-5-27)18-28(37)35-33-17-20-6-12-26(13-7-20)41-19-29(38)34-24-10-8-23(32)9-11-24/h1-17H,18-19H2,(H,34,38)(H,35,37)/b33-17-. The molecule has 0 saturated heterocycles. The topological polar surface area (TPSA) is 117 Å². The molecule has 0 bridgehead atoms. The van der Waals surface area contributed by atoms with Crippen molar-refractivity contribution in [2.45, 2.75) is 4.90 Å². The fourth-order valence-corrected chi connectivity index (χ4v) is 5.53. The van der Waals surface area contributed by atoms with Crippen LogP contribution in [0.15, 0.2) is 107 Å². The average Bonchev–Trinajstić information content (AvgIpc) is 2.96. The van der Waals surface area contributed by atoms with Crippen LogP contribution in [-0.4, -0.2) is 39.6 Å². The molecule has 0 aliphatic carbocycles. The number of nitrogens with one attached hydrogen (secondary N) is 2. The maximum atomic E-state index is 13.4. The van der Waals surface area contributed by atoms with Crippen molar-refractivity contribution in [3.8, 4) is 5.75 Å². The SMILES string of the molecule is O=C(CN(c1cc(Cl)cc(Cl)c1)S(=O)(=O)c1ccccc1)N/N=C\c1ccc(OCC(=O)Nc2ccc(F)cc2)cc1.